The highest BCUT2D eigenvalue weighted by molar-refractivity contribution is 6.30. The molecule has 1 amide bonds. The van der Waals surface area contributed by atoms with Gasteiger partial charge < -0.3 is 9.88 Å². The Balaban J connectivity index is 1.81. The van der Waals surface area contributed by atoms with Gasteiger partial charge >= 0.3 is 0 Å². The second-order valence-electron chi connectivity index (χ2n) is 4.89. The van der Waals surface area contributed by atoms with E-state index in [1.807, 2.05) is 24.3 Å². The molecule has 3 rings (SSSR count). The Morgan fingerprint density at radius 3 is 2.55 bits per heavy atom. The molecule has 22 heavy (non-hydrogen) atoms. The van der Waals surface area contributed by atoms with Crippen LogP contribution >= 0.6 is 11.6 Å². The number of aromatic nitrogens is 1. The Bertz CT molecular complexity index is 885. The van der Waals surface area contributed by atoms with Gasteiger partial charge in [0, 0.05) is 22.3 Å². The van der Waals surface area contributed by atoms with Crippen molar-refractivity contribution < 1.29 is 4.79 Å². The van der Waals surface area contributed by atoms with Gasteiger partial charge in [0.1, 0.15) is 6.54 Å². The molecule has 1 N–H and O–H groups in total. The Kier molecular flexibility index (Phi) is 3.94. The highest BCUT2D eigenvalue weighted by atomic mass is 35.5. The largest absolute Gasteiger partial charge is 0.325 e. The van der Waals surface area contributed by atoms with E-state index in [4.69, 9.17) is 11.6 Å². The zero-order valence-corrected chi connectivity index (χ0v) is 12.4. The van der Waals surface area contributed by atoms with E-state index in [2.05, 4.69) is 5.32 Å². The van der Waals surface area contributed by atoms with Crippen molar-refractivity contribution in [1.82, 2.24) is 4.57 Å². The second kappa shape index (κ2) is 6.03. The Labute approximate surface area is 132 Å². The maximum atomic E-state index is 12.3. The minimum Gasteiger partial charge on any atom is -0.325 e. The Morgan fingerprint density at radius 2 is 1.77 bits per heavy atom. The Hall–Kier alpha value is -2.59. The number of hydrogen-bond acceptors (Lipinski definition) is 2. The van der Waals surface area contributed by atoms with E-state index in [1.54, 1.807) is 36.5 Å². The first-order valence-electron chi connectivity index (χ1n) is 6.77. The fourth-order valence-corrected chi connectivity index (χ4v) is 2.37. The molecule has 0 aliphatic rings. The summed E-state index contributed by atoms with van der Waals surface area (Å²) in [7, 11) is 0. The fraction of sp³-hybridized carbons (Fsp3) is 0.0588. The average Bonchev–Trinajstić information content (AvgIpc) is 2.53. The third-order valence-corrected chi connectivity index (χ3v) is 3.58. The van der Waals surface area contributed by atoms with Crippen LogP contribution in [-0.2, 0) is 11.3 Å². The van der Waals surface area contributed by atoms with Crippen LogP contribution in [0.1, 0.15) is 0 Å². The van der Waals surface area contributed by atoms with Crippen LogP contribution in [0, 0.1) is 0 Å². The number of halogens is 1. The first-order valence-corrected chi connectivity index (χ1v) is 7.15. The van der Waals surface area contributed by atoms with Crippen LogP contribution in [-0.4, -0.2) is 10.5 Å². The van der Waals surface area contributed by atoms with Gasteiger partial charge in [-0.2, -0.15) is 0 Å². The molecule has 0 aliphatic heterocycles. The average molecular weight is 313 g/mol. The molecule has 0 atom stereocenters. The van der Waals surface area contributed by atoms with E-state index >= 15 is 0 Å². The van der Waals surface area contributed by atoms with Crippen molar-refractivity contribution in [2.24, 2.45) is 0 Å². The Morgan fingerprint density at radius 1 is 1.05 bits per heavy atom. The molecule has 4 nitrogen and oxygen atoms in total. The normalized spacial score (nSPS) is 10.6. The standard InChI is InChI=1S/C17H13ClN2O2/c18-13-5-7-14(8-6-13)19-16(21)11-20-10-9-12-3-1-2-4-15(12)17(20)22/h1-10H,11H2,(H,19,21). The molecule has 0 aliphatic carbocycles. The number of pyridine rings is 1. The summed E-state index contributed by atoms with van der Waals surface area (Å²) in [5.41, 5.74) is 0.465. The summed E-state index contributed by atoms with van der Waals surface area (Å²) >= 11 is 5.80. The van der Waals surface area contributed by atoms with E-state index in [1.165, 1.54) is 4.57 Å². The molecule has 0 bridgehead atoms. The lowest BCUT2D eigenvalue weighted by Crippen LogP contribution is -2.27. The molecular formula is C17H13ClN2O2. The number of rotatable bonds is 3. The predicted octanol–water partition coefficient (Wildman–Crippen LogP) is 3.29. The van der Waals surface area contributed by atoms with Gasteiger partial charge in [0.2, 0.25) is 5.91 Å². The zero-order valence-electron chi connectivity index (χ0n) is 11.6. The van der Waals surface area contributed by atoms with Crippen molar-refractivity contribution in [3.8, 4) is 0 Å². The van der Waals surface area contributed by atoms with Crippen LogP contribution in [0.3, 0.4) is 0 Å². The monoisotopic (exact) mass is 312 g/mol. The molecule has 1 aromatic heterocycles. The summed E-state index contributed by atoms with van der Waals surface area (Å²) in [6, 6.07) is 15.9. The molecule has 2 aromatic carbocycles. The molecule has 5 heteroatoms. The lowest BCUT2D eigenvalue weighted by atomic mass is 10.2. The highest BCUT2D eigenvalue weighted by Gasteiger charge is 2.07. The summed E-state index contributed by atoms with van der Waals surface area (Å²) in [4.78, 5) is 24.4. The lowest BCUT2D eigenvalue weighted by Gasteiger charge is -2.08. The van der Waals surface area contributed by atoms with Crippen molar-refractivity contribution in [1.29, 1.82) is 0 Å². The maximum absolute atomic E-state index is 12.3. The van der Waals surface area contributed by atoms with Crippen LogP contribution in [0.15, 0.2) is 65.6 Å². The van der Waals surface area contributed by atoms with Gasteiger partial charge in [-0.3, -0.25) is 9.59 Å². The first-order chi connectivity index (χ1) is 10.6. The van der Waals surface area contributed by atoms with Gasteiger partial charge in [0.15, 0.2) is 0 Å². The van der Waals surface area contributed by atoms with Crippen molar-refractivity contribution in [2.45, 2.75) is 6.54 Å². The molecule has 0 saturated carbocycles. The molecule has 1 heterocycles. The number of anilines is 1. The van der Waals surface area contributed by atoms with Gasteiger partial charge in [-0.1, -0.05) is 29.8 Å². The van der Waals surface area contributed by atoms with E-state index < -0.39 is 0 Å². The molecule has 0 unspecified atom stereocenters. The zero-order chi connectivity index (χ0) is 15.5. The third kappa shape index (κ3) is 3.02. The molecule has 0 radical (unpaired) electrons. The molecular weight excluding hydrogens is 300 g/mol. The third-order valence-electron chi connectivity index (χ3n) is 3.33. The van der Waals surface area contributed by atoms with Crippen LogP contribution < -0.4 is 10.9 Å². The van der Waals surface area contributed by atoms with Gasteiger partial charge in [0.25, 0.3) is 5.56 Å². The summed E-state index contributed by atoms with van der Waals surface area (Å²) in [5.74, 6) is -0.264. The first kappa shape index (κ1) is 14.4. The predicted molar refractivity (Wildman–Crippen MR) is 88.3 cm³/mol. The lowest BCUT2D eigenvalue weighted by molar-refractivity contribution is -0.116. The number of nitrogens with one attached hydrogen (secondary N) is 1. The van der Waals surface area contributed by atoms with Crippen LogP contribution in [0.5, 0.6) is 0 Å². The number of benzene rings is 2. The van der Waals surface area contributed by atoms with E-state index in [0.717, 1.165) is 5.39 Å². The number of amides is 1. The van der Waals surface area contributed by atoms with E-state index in [0.29, 0.717) is 16.1 Å². The molecule has 3 aromatic rings. The topological polar surface area (TPSA) is 51.1 Å². The quantitative estimate of drug-likeness (QED) is 0.807. The van der Waals surface area contributed by atoms with Crippen molar-refractivity contribution in [3.05, 3.63) is 76.2 Å². The minimum atomic E-state index is -0.264. The summed E-state index contributed by atoms with van der Waals surface area (Å²) in [5, 5.41) is 4.80. The number of fused-ring (bicyclic) bond motifs is 1. The van der Waals surface area contributed by atoms with E-state index in [-0.39, 0.29) is 18.0 Å². The fourth-order valence-electron chi connectivity index (χ4n) is 2.24. The van der Waals surface area contributed by atoms with E-state index in [9.17, 15) is 9.59 Å². The van der Waals surface area contributed by atoms with Crippen LogP contribution in [0.25, 0.3) is 10.8 Å². The van der Waals surface area contributed by atoms with Crippen LogP contribution in [0.2, 0.25) is 5.02 Å². The number of carbonyl (C=O) groups is 1. The summed E-state index contributed by atoms with van der Waals surface area (Å²) in [6.07, 6.45) is 1.63. The van der Waals surface area contributed by atoms with Gasteiger partial charge in [-0.05, 0) is 41.8 Å². The van der Waals surface area contributed by atoms with Gasteiger partial charge in [0.05, 0.1) is 0 Å². The van der Waals surface area contributed by atoms with Gasteiger partial charge in [-0.25, -0.2) is 0 Å². The van der Waals surface area contributed by atoms with Crippen molar-refractivity contribution in [3.63, 3.8) is 0 Å². The molecule has 0 spiro atoms. The van der Waals surface area contributed by atoms with Crippen molar-refractivity contribution in [2.75, 3.05) is 5.32 Å². The summed E-state index contributed by atoms with van der Waals surface area (Å²) < 4.78 is 1.40. The number of carbonyl (C=O) groups excluding carboxylic acids is 1. The van der Waals surface area contributed by atoms with Crippen molar-refractivity contribution >= 4 is 34.0 Å². The molecule has 110 valence electrons. The van der Waals surface area contributed by atoms with Crippen LogP contribution in [0.4, 0.5) is 5.69 Å². The SMILES string of the molecule is O=C(Cn1ccc2ccccc2c1=O)Nc1ccc(Cl)cc1. The highest BCUT2D eigenvalue weighted by Crippen LogP contribution is 2.13. The second-order valence-corrected chi connectivity index (χ2v) is 5.33. The minimum absolute atomic E-state index is 0.0354. The maximum Gasteiger partial charge on any atom is 0.258 e. The smallest absolute Gasteiger partial charge is 0.258 e. The number of hydrogen-bond donors (Lipinski definition) is 1. The molecule has 0 saturated heterocycles. The number of nitrogens with zero attached hydrogens (tertiary/aromatic N) is 1. The van der Waals surface area contributed by atoms with Gasteiger partial charge in [-0.15, -0.1) is 0 Å². The summed E-state index contributed by atoms with van der Waals surface area (Å²) in [6.45, 7) is -0.0354. The molecule has 0 fully saturated rings.